The third-order valence-corrected chi connectivity index (χ3v) is 5.21. The monoisotopic (exact) mass is 479 g/mol. The molecule has 0 aliphatic carbocycles. The first-order valence-corrected chi connectivity index (χ1v) is 10.6. The average molecular weight is 480 g/mol. The molecule has 0 aliphatic rings. The van der Waals surface area contributed by atoms with Crippen LogP contribution in [-0.4, -0.2) is 40.4 Å². The fraction of sp³-hybridized carbons (Fsp3) is 0.222. The number of nitrogens with one attached hydrogen (secondary N) is 3. The summed E-state index contributed by atoms with van der Waals surface area (Å²) in [5, 5.41) is 9.38. The summed E-state index contributed by atoms with van der Waals surface area (Å²) < 4.78 is 61.1. The number of sulfonamides is 1. The zero-order valence-corrected chi connectivity index (χ0v) is 17.7. The second kappa shape index (κ2) is 9.64. The Labute approximate surface area is 181 Å². The van der Waals surface area contributed by atoms with Gasteiger partial charge in [0.15, 0.2) is 13.1 Å². The molecule has 0 aromatic heterocycles. The molecular weight excluding hydrogens is 461 g/mol. The van der Waals surface area contributed by atoms with Crippen molar-refractivity contribution in [2.45, 2.75) is 11.1 Å². The SMILES string of the molecule is C[NH+](CC(=O)Nc1ccc(S(N)(=O)=O)cc1)CC(=O)Nc1ccc(Cl)c(C(F)(F)F)c1. The van der Waals surface area contributed by atoms with Crippen molar-refractivity contribution in [3.8, 4) is 0 Å². The normalized spacial score (nSPS) is 12.8. The highest BCUT2D eigenvalue weighted by molar-refractivity contribution is 7.89. The fourth-order valence-electron chi connectivity index (χ4n) is 2.57. The summed E-state index contributed by atoms with van der Waals surface area (Å²) in [5.74, 6) is -1.06. The Kier molecular flexibility index (Phi) is 7.65. The van der Waals surface area contributed by atoms with E-state index < -0.39 is 38.6 Å². The number of nitrogens with two attached hydrogens (primary N) is 1. The first-order chi connectivity index (χ1) is 14.3. The smallest absolute Gasteiger partial charge is 0.322 e. The molecule has 0 heterocycles. The van der Waals surface area contributed by atoms with E-state index in [4.69, 9.17) is 16.7 Å². The lowest BCUT2D eigenvalue weighted by atomic mass is 10.2. The largest absolute Gasteiger partial charge is 0.417 e. The Bertz CT molecular complexity index is 1080. The molecule has 0 aliphatic heterocycles. The number of hydrogen-bond acceptors (Lipinski definition) is 4. The van der Waals surface area contributed by atoms with Gasteiger partial charge in [0.1, 0.15) is 0 Å². The molecule has 2 rings (SSSR count). The van der Waals surface area contributed by atoms with Gasteiger partial charge in [-0.15, -0.1) is 0 Å². The third-order valence-electron chi connectivity index (χ3n) is 3.95. The van der Waals surface area contributed by atoms with E-state index in [1.807, 2.05) is 0 Å². The van der Waals surface area contributed by atoms with Crippen molar-refractivity contribution in [3.05, 3.63) is 53.1 Å². The lowest BCUT2D eigenvalue weighted by molar-refractivity contribution is -0.862. The minimum atomic E-state index is -4.66. The van der Waals surface area contributed by atoms with Crippen LogP contribution in [0.25, 0.3) is 0 Å². The van der Waals surface area contributed by atoms with Crippen molar-refractivity contribution in [2.24, 2.45) is 5.14 Å². The molecule has 0 saturated carbocycles. The first-order valence-electron chi connectivity index (χ1n) is 8.66. The van der Waals surface area contributed by atoms with E-state index >= 15 is 0 Å². The Morgan fingerprint density at radius 3 is 1.97 bits per heavy atom. The number of benzene rings is 2. The van der Waals surface area contributed by atoms with Crippen LogP contribution >= 0.6 is 11.6 Å². The highest BCUT2D eigenvalue weighted by atomic mass is 35.5. The quantitative estimate of drug-likeness (QED) is 0.475. The van der Waals surface area contributed by atoms with Crippen LogP contribution in [0, 0.1) is 0 Å². The third kappa shape index (κ3) is 7.51. The molecule has 0 spiro atoms. The van der Waals surface area contributed by atoms with Crippen LogP contribution < -0.4 is 20.7 Å². The first kappa shape index (κ1) is 24.6. The van der Waals surface area contributed by atoms with Crippen molar-refractivity contribution < 1.29 is 36.1 Å². The summed E-state index contributed by atoms with van der Waals surface area (Å²) in [5.41, 5.74) is -0.815. The van der Waals surface area contributed by atoms with Crippen molar-refractivity contribution in [1.29, 1.82) is 0 Å². The van der Waals surface area contributed by atoms with Gasteiger partial charge in [-0.3, -0.25) is 9.59 Å². The average Bonchev–Trinajstić information content (AvgIpc) is 2.61. The highest BCUT2D eigenvalue weighted by Gasteiger charge is 2.33. The number of likely N-dealkylation sites (N-methyl/N-ethyl adjacent to an activating group) is 1. The van der Waals surface area contributed by atoms with E-state index in [0.29, 0.717) is 10.6 Å². The summed E-state index contributed by atoms with van der Waals surface area (Å²) in [6.07, 6.45) is -4.66. The molecule has 31 heavy (non-hydrogen) atoms. The van der Waals surface area contributed by atoms with Gasteiger partial charge in [0.25, 0.3) is 11.8 Å². The van der Waals surface area contributed by atoms with E-state index in [0.717, 1.165) is 12.1 Å². The minimum Gasteiger partial charge on any atom is -0.322 e. The summed E-state index contributed by atoms with van der Waals surface area (Å²) in [4.78, 5) is 24.5. The number of primary sulfonamides is 1. The number of quaternary nitrogens is 1. The van der Waals surface area contributed by atoms with Gasteiger partial charge in [0.05, 0.1) is 22.5 Å². The number of alkyl halides is 3. The predicted molar refractivity (Wildman–Crippen MR) is 108 cm³/mol. The maximum atomic E-state index is 12.9. The molecule has 0 radical (unpaired) electrons. The standard InChI is InChI=1S/C18H18ClF3N4O4S/c1-26(9-16(27)24-11-2-5-13(6-3-11)31(23,29)30)10-17(28)25-12-4-7-15(19)14(8-12)18(20,21)22/h2-8H,9-10H2,1H3,(H,24,27)(H,25,28)(H2,23,29,30)/p+1. The number of halogens is 4. The lowest BCUT2D eigenvalue weighted by Gasteiger charge is -2.15. The van der Waals surface area contributed by atoms with Crippen molar-refractivity contribution in [3.63, 3.8) is 0 Å². The second-order valence-corrected chi connectivity index (χ2v) is 8.64. The van der Waals surface area contributed by atoms with Crippen molar-refractivity contribution >= 4 is 44.8 Å². The fourth-order valence-corrected chi connectivity index (χ4v) is 3.31. The molecular formula is C18H19ClF3N4O4S+. The number of carbonyl (C=O) groups excluding carboxylic acids is 2. The number of hydrogen-bond donors (Lipinski definition) is 4. The Balaban J connectivity index is 1.90. The molecule has 1 unspecified atom stereocenters. The molecule has 1 atom stereocenters. The number of rotatable bonds is 7. The molecule has 2 amide bonds. The number of carbonyl (C=O) groups is 2. The van der Waals surface area contributed by atoms with Gasteiger partial charge in [-0.1, -0.05) is 11.6 Å². The van der Waals surface area contributed by atoms with E-state index in [1.165, 1.54) is 30.3 Å². The van der Waals surface area contributed by atoms with Gasteiger partial charge in [0.2, 0.25) is 10.0 Å². The van der Waals surface area contributed by atoms with E-state index in [1.54, 1.807) is 7.05 Å². The van der Waals surface area contributed by atoms with Crippen molar-refractivity contribution in [2.75, 3.05) is 30.8 Å². The summed E-state index contributed by atoms with van der Waals surface area (Å²) >= 11 is 5.54. The highest BCUT2D eigenvalue weighted by Crippen LogP contribution is 2.36. The Hall–Kier alpha value is -2.67. The molecule has 0 fully saturated rings. The van der Waals surface area contributed by atoms with Gasteiger partial charge >= 0.3 is 6.18 Å². The Morgan fingerprint density at radius 1 is 1.00 bits per heavy atom. The zero-order chi connectivity index (χ0) is 23.4. The van der Waals surface area contributed by atoms with Crippen LogP contribution in [0.3, 0.4) is 0 Å². The molecule has 2 aromatic carbocycles. The molecule has 13 heteroatoms. The van der Waals surface area contributed by atoms with Gasteiger partial charge in [-0.2, -0.15) is 13.2 Å². The maximum Gasteiger partial charge on any atom is 0.417 e. The molecule has 5 N–H and O–H groups in total. The van der Waals surface area contributed by atoms with Crippen LogP contribution in [0.15, 0.2) is 47.4 Å². The molecule has 8 nitrogen and oxygen atoms in total. The van der Waals surface area contributed by atoms with Crippen LogP contribution in [-0.2, 0) is 25.8 Å². The zero-order valence-electron chi connectivity index (χ0n) is 16.1. The number of anilines is 2. The number of amides is 2. The predicted octanol–water partition coefficient (Wildman–Crippen LogP) is 1.10. The molecule has 0 saturated heterocycles. The second-order valence-electron chi connectivity index (χ2n) is 6.67. The van der Waals surface area contributed by atoms with Gasteiger partial charge in [-0.05, 0) is 42.5 Å². The topological polar surface area (TPSA) is 123 Å². The van der Waals surface area contributed by atoms with Crippen LogP contribution in [0.5, 0.6) is 0 Å². The minimum absolute atomic E-state index is 0.0751. The summed E-state index contributed by atoms with van der Waals surface area (Å²) in [6, 6.07) is 8.19. The van der Waals surface area contributed by atoms with Gasteiger partial charge in [-0.25, -0.2) is 13.6 Å². The van der Waals surface area contributed by atoms with Gasteiger partial charge < -0.3 is 15.5 Å². The molecule has 168 valence electrons. The molecule has 2 aromatic rings. The van der Waals surface area contributed by atoms with Crippen molar-refractivity contribution in [1.82, 2.24) is 0 Å². The van der Waals surface area contributed by atoms with E-state index in [2.05, 4.69) is 10.6 Å². The molecule has 0 bridgehead atoms. The summed E-state index contributed by atoms with van der Waals surface area (Å²) in [6.45, 7) is -0.319. The van der Waals surface area contributed by atoms with E-state index in [-0.39, 0.29) is 23.7 Å². The van der Waals surface area contributed by atoms with Crippen LogP contribution in [0.1, 0.15) is 5.56 Å². The maximum absolute atomic E-state index is 12.9. The Morgan fingerprint density at radius 2 is 1.48 bits per heavy atom. The summed E-state index contributed by atoms with van der Waals surface area (Å²) in [7, 11) is -2.30. The van der Waals surface area contributed by atoms with Crippen LogP contribution in [0.2, 0.25) is 5.02 Å². The van der Waals surface area contributed by atoms with Gasteiger partial charge in [0, 0.05) is 11.4 Å². The van der Waals surface area contributed by atoms with Crippen LogP contribution in [0.4, 0.5) is 24.5 Å². The lowest BCUT2D eigenvalue weighted by Crippen LogP contribution is -3.11. The van der Waals surface area contributed by atoms with E-state index in [9.17, 15) is 31.2 Å².